The van der Waals surface area contributed by atoms with Crippen LogP contribution in [0.1, 0.15) is 5.56 Å². The van der Waals surface area contributed by atoms with E-state index in [-0.39, 0.29) is 17.1 Å². The van der Waals surface area contributed by atoms with Gasteiger partial charge in [-0.25, -0.2) is 9.97 Å². The summed E-state index contributed by atoms with van der Waals surface area (Å²) in [7, 11) is 0. The molecule has 3 aromatic heterocycles. The molecule has 108 valence electrons. The molecule has 0 aliphatic heterocycles. The third-order valence-electron chi connectivity index (χ3n) is 2.83. The SMILES string of the molecule is Nc1nc(-c2cncc(C(F)(F)F)c2)cn2c(Br)cnc12. The Hall–Kier alpha value is -2.16. The van der Waals surface area contributed by atoms with Gasteiger partial charge in [0.05, 0.1) is 17.5 Å². The molecule has 9 heteroatoms. The maximum absolute atomic E-state index is 12.7. The highest BCUT2D eigenvalue weighted by atomic mass is 79.9. The Morgan fingerprint density at radius 1 is 1.19 bits per heavy atom. The number of fused-ring (bicyclic) bond motifs is 1. The van der Waals surface area contributed by atoms with Crippen molar-refractivity contribution in [3.05, 3.63) is 41.0 Å². The van der Waals surface area contributed by atoms with Crippen LogP contribution in [0.5, 0.6) is 0 Å². The van der Waals surface area contributed by atoms with Gasteiger partial charge in [-0.3, -0.25) is 9.38 Å². The number of anilines is 1. The number of aromatic nitrogens is 4. The minimum absolute atomic E-state index is 0.121. The van der Waals surface area contributed by atoms with Crippen LogP contribution in [0.3, 0.4) is 0 Å². The Morgan fingerprint density at radius 3 is 2.67 bits per heavy atom. The minimum Gasteiger partial charge on any atom is -0.381 e. The summed E-state index contributed by atoms with van der Waals surface area (Å²) in [6.45, 7) is 0. The first-order valence-corrected chi connectivity index (χ1v) is 6.47. The molecule has 21 heavy (non-hydrogen) atoms. The predicted octanol–water partition coefficient (Wildman–Crippen LogP) is 3.15. The number of pyridine rings is 1. The fourth-order valence-electron chi connectivity index (χ4n) is 1.86. The molecule has 0 aliphatic rings. The van der Waals surface area contributed by atoms with Crippen LogP contribution in [0, 0.1) is 0 Å². The second-order valence-electron chi connectivity index (χ2n) is 4.25. The molecular formula is C12H7BrF3N5. The lowest BCUT2D eigenvalue weighted by Gasteiger charge is -2.09. The molecule has 0 amide bonds. The van der Waals surface area contributed by atoms with Crippen molar-refractivity contribution in [1.82, 2.24) is 19.4 Å². The van der Waals surface area contributed by atoms with Gasteiger partial charge in [-0.05, 0) is 22.0 Å². The van der Waals surface area contributed by atoms with Gasteiger partial charge < -0.3 is 5.73 Å². The number of hydrogen-bond donors (Lipinski definition) is 1. The summed E-state index contributed by atoms with van der Waals surface area (Å²) in [6.07, 6.45) is 0.669. The molecule has 0 bridgehead atoms. The van der Waals surface area contributed by atoms with Crippen LogP contribution in [0.4, 0.5) is 19.0 Å². The second kappa shape index (κ2) is 4.69. The number of alkyl halides is 3. The van der Waals surface area contributed by atoms with E-state index >= 15 is 0 Å². The molecule has 3 heterocycles. The van der Waals surface area contributed by atoms with Crippen molar-refractivity contribution < 1.29 is 13.2 Å². The van der Waals surface area contributed by atoms with Crippen LogP contribution in [-0.4, -0.2) is 19.4 Å². The molecule has 3 rings (SSSR count). The van der Waals surface area contributed by atoms with E-state index in [1.54, 1.807) is 10.6 Å². The van der Waals surface area contributed by atoms with Crippen molar-refractivity contribution in [1.29, 1.82) is 0 Å². The molecular weight excluding hydrogens is 351 g/mol. The molecule has 0 spiro atoms. The van der Waals surface area contributed by atoms with Crippen molar-refractivity contribution in [2.45, 2.75) is 6.18 Å². The number of nitrogens with zero attached hydrogens (tertiary/aromatic N) is 4. The number of halogens is 4. The number of rotatable bonds is 1. The van der Waals surface area contributed by atoms with E-state index in [4.69, 9.17) is 5.73 Å². The third-order valence-corrected chi connectivity index (χ3v) is 3.42. The third kappa shape index (κ3) is 2.44. The molecule has 3 aromatic rings. The molecule has 0 aliphatic carbocycles. The lowest BCUT2D eigenvalue weighted by atomic mass is 10.1. The zero-order chi connectivity index (χ0) is 15.2. The second-order valence-corrected chi connectivity index (χ2v) is 5.06. The lowest BCUT2D eigenvalue weighted by Crippen LogP contribution is -2.06. The van der Waals surface area contributed by atoms with E-state index in [0.29, 0.717) is 10.3 Å². The minimum atomic E-state index is -4.46. The Balaban J connectivity index is 2.18. The first-order valence-electron chi connectivity index (χ1n) is 5.68. The van der Waals surface area contributed by atoms with Gasteiger partial charge in [0.1, 0.15) is 4.60 Å². The van der Waals surface area contributed by atoms with Gasteiger partial charge in [-0.1, -0.05) is 0 Å². The summed E-state index contributed by atoms with van der Waals surface area (Å²) in [5, 5.41) is 0. The number of imidazole rings is 1. The molecule has 0 aromatic carbocycles. The van der Waals surface area contributed by atoms with Gasteiger partial charge in [0.25, 0.3) is 0 Å². The van der Waals surface area contributed by atoms with Crippen molar-refractivity contribution in [2.24, 2.45) is 0 Å². The lowest BCUT2D eigenvalue weighted by molar-refractivity contribution is -0.137. The maximum Gasteiger partial charge on any atom is 0.417 e. The Labute approximate surface area is 124 Å². The van der Waals surface area contributed by atoms with Gasteiger partial charge in [0.2, 0.25) is 0 Å². The summed E-state index contributed by atoms with van der Waals surface area (Å²) in [5.41, 5.74) is 5.85. The average Bonchev–Trinajstić information content (AvgIpc) is 2.80. The van der Waals surface area contributed by atoms with Crippen LogP contribution < -0.4 is 5.73 Å². The van der Waals surface area contributed by atoms with Crippen LogP contribution in [0.2, 0.25) is 0 Å². The maximum atomic E-state index is 12.7. The molecule has 2 N–H and O–H groups in total. The Bertz CT molecular complexity index is 827. The first kappa shape index (κ1) is 13.8. The summed E-state index contributed by atoms with van der Waals surface area (Å²) >= 11 is 3.28. The average molecular weight is 358 g/mol. The zero-order valence-corrected chi connectivity index (χ0v) is 11.9. The van der Waals surface area contributed by atoms with Crippen LogP contribution in [-0.2, 0) is 6.18 Å². The number of hydrogen-bond acceptors (Lipinski definition) is 4. The van der Waals surface area contributed by atoms with E-state index in [1.165, 1.54) is 12.4 Å². The normalized spacial score (nSPS) is 12.0. The Kier molecular flexibility index (Phi) is 3.08. The van der Waals surface area contributed by atoms with E-state index in [2.05, 4.69) is 30.9 Å². The van der Waals surface area contributed by atoms with E-state index in [0.717, 1.165) is 12.3 Å². The number of nitrogens with two attached hydrogens (primary N) is 1. The van der Waals surface area contributed by atoms with Gasteiger partial charge >= 0.3 is 6.18 Å². The van der Waals surface area contributed by atoms with Crippen LogP contribution in [0.15, 0.2) is 35.5 Å². The summed E-state index contributed by atoms with van der Waals surface area (Å²) in [5.74, 6) is 0.121. The number of nitrogen functional groups attached to an aromatic ring is 1. The molecule has 0 atom stereocenters. The molecule has 0 saturated heterocycles. The quantitative estimate of drug-likeness (QED) is 0.726. The highest BCUT2D eigenvalue weighted by Gasteiger charge is 2.31. The van der Waals surface area contributed by atoms with Gasteiger partial charge in [0, 0.05) is 24.2 Å². The molecule has 0 saturated carbocycles. The largest absolute Gasteiger partial charge is 0.417 e. The fourth-order valence-corrected chi connectivity index (χ4v) is 2.23. The standard InChI is InChI=1S/C12H7BrF3N5/c13-9-4-19-11-10(17)20-8(5-21(9)11)6-1-7(3-18-2-6)12(14,15)16/h1-5H,(H2,17,20). The molecule has 0 unspecified atom stereocenters. The fraction of sp³-hybridized carbons (Fsp3) is 0.0833. The van der Waals surface area contributed by atoms with E-state index < -0.39 is 11.7 Å². The molecule has 0 fully saturated rings. The van der Waals surface area contributed by atoms with Crippen LogP contribution >= 0.6 is 15.9 Å². The zero-order valence-electron chi connectivity index (χ0n) is 10.3. The van der Waals surface area contributed by atoms with Crippen molar-refractivity contribution in [3.8, 4) is 11.3 Å². The molecule has 5 nitrogen and oxygen atoms in total. The van der Waals surface area contributed by atoms with E-state index in [9.17, 15) is 13.2 Å². The molecule has 0 radical (unpaired) electrons. The summed E-state index contributed by atoms with van der Waals surface area (Å²) in [6, 6.07) is 0.978. The highest BCUT2D eigenvalue weighted by molar-refractivity contribution is 9.10. The topological polar surface area (TPSA) is 69.1 Å². The van der Waals surface area contributed by atoms with Crippen molar-refractivity contribution in [2.75, 3.05) is 5.73 Å². The van der Waals surface area contributed by atoms with Gasteiger partial charge in [-0.2, -0.15) is 13.2 Å². The predicted molar refractivity (Wildman–Crippen MR) is 73.3 cm³/mol. The summed E-state index contributed by atoms with van der Waals surface area (Å²) in [4.78, 5) is 11.7. The summed E-state index contributed by atoms with van der Waals surface area (Å²) < 4.78 is 40.4. The highest BCUT2D eigenvalue weighted by Crippen LogP contribution is 2.31. The van der Waals surface area contributed by atoms with Gasteiger partial charge in [0.15, 0.2) is 11.5 Å². The smallest absolute Gasteiger partial charge is 0.381 e. The van der Waals surface area contributed by atoms with Crippen molar-refractivity contribution >= 4 is 27.4 Å². The Morgan fingerprint density at radius 2 is 1.95 bits per heavy atom. The van der Waals surface area contributed by atoms with Gasteiger partial charge in [-0.15, -0.1) is 0 Å². The van der Waals surface area contributed by atoms with E-state index in [1.807, 2.05) is 0 Å². The monoisotopic (exact) mass is 357 g/mol. The van der Waals surface area contributed by atoms with Crippen LogP contribution in [0.25, 0.3) is 16.9 Å². The first-order chi connectivity index (χ1) is 9.86. The van der Waals surface area contributed by atoms with Crippen molar-refractivity contribution in [3.63, 3.8) is 0 Å².